The molecule has 1 aromatic rings. The molecule has 2 rings (SSSR count). The number of nitrogens with one attached hydrogen (secondary N) is 1. The lowest BCUT2D eigenvalue weighted by atomic mass is 10.2. The monoisotopic (exact) mass is 208 g/mol. The molecule has 0 saturated heterocycles. The largest absolute Gasteiger partial charge is 0.330 e. The Labute approximate surface area is 90.9 Å². The normalized spacial score (nSPS) is 18.0. The van der Waals surface area contributed by atoms with Crippen molar-refractivity contribution >= 4 is 0 Å². The van der Waals surface area contributed by atoms with Gasteiger partial charge in [0.1, 0.15) is 0 Å². The Morgan fingerprint density at radius 3 is 3.07 bits per heavy atom. The van der Waals surface area contributed by atoms with E-state index in [0.29, 0.717) is 12.6 Å². The second kappa shape index (κ2) is 4.77. The molecule has 1 unspecified atom stereocenters. The van der Waals surface area contributed by atoms with Crippen molar-refractivity contribution in [2.75, 3.05) is 13.1 Å². The third-order valence-electron chi connectivity index (χ3n) is 2.87. The second-order valence-electron chi connectivity index (χ2n) is 4.20. The lowest BCUT2D eigenvalue weighted by Crippen LogP contribution is -2.30. The minimum atomic E-state index is 0.257. The van der Waals surface area contributed by atoms with E-state index in [4.69, 9.17) is 5.73 Å². The summed E-state index contributed by atoms with van der Waals surface area (Å²) in [6, 6.07) is 0.938. The van der Waals surface area contributed by atoms with Crippen molar-refractivity contribution in [2.45, 2.75) is 38.3 Å². The first-order chi connectivity index (χ1) is 7.36. The summed E-state index contributed by atoms with van der Waals surface area (Å²) in [4.78, 5) is 4.23. The number of hydrogen-bond donors (Lipinski definition) is 2. The number of nitrogens with two attached hydrogens (primary N) is 1. The van der Waals surface area contributed by atoms with Crippen LogP contribution in [0.3, 0.4) is 0 Å². The summed E-state index contributed by atoms with van der Waals surface area (Å²) in [6.45, 7) is 3.81. The van der Waals surface area contributed by atoms with Gasteiger partial charge in [0.25, 0.3) is 0 Å². The topological polar surface area (TPSA) is 55.9 Å². The van der Waals surface area contributed by atoms with Crippen molar-refractivity contribution in [1.82, 2.24) is 14.9 Å². The molecule has 4 heteroatoms. The smallest absolute Gasteiger partial charge is 0.0951 e. The van der Waals surface area contributed by atoms with Crippen LogP contribution in [0.25, 0.3) is 0 Å². The van der Waals surface area contributed by atoms with E-state index in [-0.39, 0.29) is 6.04 Å². The van der Waals surface area contributed by atoms with E-state index in [1.54, 1.807) is 0 Å². The van der Waals surface area contributed by atoms with Crippen LogP contribution in [0.5, 0.6) is 0 Å². The van der Waals surface area contributed by atoms with Gasteiger partial charge in [-0.15, -0.1) is 0 Å². The lowest BCUT2D eigenvalue weighted by molar-refractivity contribution is 0.502. The zero-order valence-corrected chi connectivity index (χ0v) is 9.32. The Morgan fingerprint density at radius 2 is 2.47 bits per heavy atom. The molecular formula is C11H20N4. The average Bonchev–Trinajstić information content (AvgIpc) is 2.99. The molecule has 0 radical (unpaired) electrons. The van der Waals surface area contributed by atoms with E-state index >= 15 is 0 Å². The molecular weight excluding hydrogens is 188 g/mol. The highest BCUT2D eigenvalue weighted by atomic mass is 15.1. The first-order valence-electron chi connectivity index (χ1n) is 5.82. The van der Waals surface area contributed by atoms with E-state index < -0.39 is 0 Å². The molecule has 0 amide bonds. The zero-order valence-electron chi connectivity index (χ0n) is 9.32. The molecule has 0 bridgehead atoms. The van der Waals surface area contributed by atoms with E-state index in [2.05, 4.69) is 21.8 Å². The van der Waals surface area contributed by atoms with Gasteiger partial charge >= 0.3 is 0 Å². The van der Waals surface area contributed by atoms with Gasteiger partial charge in [-0.1, -0.05) is 6.92 Å². The van der Waals surface area contributed by atoms with Crippen molar-refractivity contribution in [3.8, 4) is 0 Å². The molecule has 0 aliphatic heterocycles. The van der Waals surface area contributed by atoms with Gasteiger partial charge < -0.3 is 15.6 Å². The van der Waals surface area contributed by atoms with Crippen LogP contribution in [0.1, 0.15) is 44.0 Å². The standard InChI is InChI=1S/C11H20N4/c1-2-5-14-10(6-12)11-7-13-8-15(11)9-3-4-9/h7-10,14H,2-6,12H2,1H3. The van der Waals surface area contributed by atoms with Crippen molar-refractivity contribution in [3.63, 3.8) is 0 Å². The summed E-state index contributed by atoms with van der Waals surface area (Å²) in [5.74, 6) is 0. The van der Waals surface area contributed by atoms with E-state index in [1.807, 2.05) is 12.5 Å². The molecule has 1 atom stereocenters. The fourth-order valence-electron chi connectivity index (χ4n) is 1.87. The minimum absolute atomic E-state index is 0.257. The number of nitrogens with zero attached hydrogens (tertiary/aromatic N) is 2. The molecule has 1 heterocycles. The molecule has 1 aromatic heterocycles. The minimum Gasteiger partial charge on any atom is -0.330 e. The van der Waals surface area contributed by atoms with Gasteiger partial charge in [0, 0.05) is 18.8 Å². The fraction of sp³-hybridized carbons (Fsp3) is 0.727. The Balaban J connectivity index is 2.07. The van der Waals surface area contributed by atoms with Crippen molar-refractivity contribution in [1.29, 1.82) is 0 Å². The van der Waals surface area contributed by atoms with Crippen LogP contribution in [-0.4, -0.2) is 22.6 Å². The van der Waals surface area contributed by atoms with Gasteiger partial charge in [-0.3, -0.25) is 0 Å². The van der Waals surface area contributed by atoms with Crippen LogP contribution in [0.15, 0.2) is 12.5 Å². The molecule has 4 nitrogen and oxygen atoms in total. The number of imidazole rings is 1. The maximum absolute atomic E-state index is 5.79. The number of rotatable bonds is 6. The molecule has 0 aromatic carbocycles. The SMILES string of the molecule is CCCNC(CN)c1cncn1C1CC1. The maximum atomic E-state index is 5.79. The van der Waals surface area contributed by atoms with E-state index in [9.17, 15) is 0 Å². The first kappa shape index (κ1) is 10.6. The van der Waals surface area contributed by atoms with Gasteiger partial charge in [0.15, 0.2) is 0 Å². The summed E-state index contributed by atoms with van der Waals surface area (Å²) in [7, 11) is 0. The average molecular weight is 208 g/mol. The molecule has 1 aliphatic carbocycles. The van der Waals surface area contributed by atoms with Crippen LogP contribution < -0.4 is 11.1 Å². The van der Waals surface area contributed by atoms with Crippen LogP contribution in [0.4, 0.5) is 0 Å². The fourth-order valence-corrected chi connectivity index (χ4v) is 1.87. The summed E-state index contributed by atoms with van der Waals surface area (Å²) in [5, 5.41) is 3.46. The van der Waals surface area contributed by atoms with Gasteiger partial charge in [-0.2, -0.15) is 0 Å². The highest BCUT2D eigenvalue weighted by Gasteiger charge is 2.27. The molecule has 3 N–H and O–H groups in total. The van der Waals surface area contributed by atoms with Gasteiger partial charge in [-0.05, 0) is 25.8 Å². The van der Waals surface area contributed by atoms with Gasteiger partial charge in [0.05, 0.1) is 18.1 Å². The lowest BCUT2D eigenvalue weighted by Gasteiger charge is -2.18. The van der Waals surface area contributed by atoms with E-state index in [0.717, 1.165) is 13.0 Å². The third kappa shape index (κ3) is 2.38. The molecule has 1 aliphatic rings. The van der Waals surface area contributed by atoms with Crippen molar-refractivity contribution in [3.05, 3.63) is 18.2 Å². The Kier molecular flexibility index (Phi) is 3.38. The quantitative estimate of drug-likeness (QED) is 0.739. The molecule has 15 heavy (non-hydrogen) atoms. The van der Waals surface area contributed by atoms with E-state index in [1.165, 1.54) is 18.5 Å². The highest BCUT2D eigenvalue weighted by Crippen LogP contribution is 2.36. The van der Waals surface area contributed by atoms with Crippen molar-refractivity contribution < 1.29 is 0 Å². The van der Waals surface area contributed by atoms with Crippen LogP contribution >= 0.6 is 0 Å². The van der Waals surface area contributed by atoms with Gasteiger partial charge in [0.2, 0.25) is 0 Å². The maximum Gasteiger partial charge on any atom is 0.0951 e. The predicted molar refractivity (Wildman–Crippen MR) is 60.6 cm³/mol. The third-order valence-corrected chi connectivity index (χ3v) is 2.87. The first-order valence-corrected chi connectivity index (χ1v) is 5.82. The van der Waals surface area contributed by atoms with Gasteiger partial charge in [-0.25, -0.2) is 4.98 Å². The number of aromatic nitrogens is 2. The van der Waals surface area contributed by atoms with Crippen LogP contribution in [0, 0.1) is 0 Å². The Morgan fingerprint density at radius 1 is 1.67 bits per heavy atom. The summed E-state index contributed by atoms with van der Waals surface area (Å²) < 4.78 is 2.28. The number of hydrogen-bond acceptors (Lipinski definition) is 3. The summed E-state index contributed by atoms with van der Waals surface area (Å²) in [6.07, 6.45) is 7.58. The predicted octanol–water partition coefficient (Wildman–Crippen LogP) is 1.22. The molecule has 0 spiro atoms. The highest BCUT2D eigenvalue weighted by molar-refractivity contribution is 5.09. The molecule has 1 fully saturated rings. The molecule has 1 saturated carbocycles. The summed E-state index contributed by atoms with van der Waals surface area (Å²) in [5.41, 5.74) is 7.03. The Bertz CT molecular complexity index is 303. The van der Waals surface area contributed by atoms with Crippen molar-refractivity contribution in [2.24, 2.45) is 5.73 Å². The molecule has 84 valence electrons. The van der Waals surface area contributed by atoms with Crippen LogP contribution in [0.2, 0.25) is 0 Å². The zero-order chi connectivity index (χ0) is 10.7. The summed E-state index contributed by atoms with van der Waals surface area (Å²) >= 11 is 0. The second-order valence-corrected chi connectivity index (χ2v) is 4.20. The Hall–Kier alpha value is -0.870. The van der Waals surface area contributed by atoms with Crippen LogP contribution in [-0.2, 0) is 0 Å².